The maximum absolute atomic E-state index is 8.70. The van der Waals surface area contributed by atoms with E-state index in [4.69, 9.17) is 5.11 Å². The van der Waals surface area contributed by atoms with E-state index in [1.54, 1.807) is 23.3 Å². The molecule has 0 bridgehead atoms. The molecule has 2 rings (SSSR count). The standard InChI is InChI=1S/C8H9N5O/c14-2-1-7-5-13(12-11-7)8-3-9-6-10-4-8/h3-6,14H,1-2H2. The molecule has 0 atom stereocenters. The number of hydrogen-bond donors (Lipinski definition) is 1. The summed E-state index contributed by atoms with van der Waals surface area (Å²) in [5.41, 5.74) is 1.50. The summed E-state index contributed by atoms with van der Waals surface area (Å²) in [6, 6.07) is 0. The molecule has 0 radical (unpaired) electrons. The molecule has 0 aliphatic heterocycles. The molecule has 0 fully saturated rings. The predicted molar refractivity (Wildman–Crippen MR) is 47.7 cm³/mol. The summed E-state index contributed by atoms with van der Waals surface area (Å²) in [5, 5.41) is 16.5. The summed E-state index contributed by atoms with van der Waals surface area (Å²) in [4.78, 5) is 7.73. The minimum atomic E-state index is 0.0734. The Morgan fingerprint density at radius 3 is 2.79 bits per heavy atom. The fourth-order valence-corrected chi connectivity index (χ4v) is 1.06. The second-order valence-electron chi connectivity index (χ2n) is 2.72. The van der Waals surface area contributed by atoms with Crippen LogP contribution in [0.1, 0.15) is 5.69 Å². The highest BCUT2D eigenvalue weighted by atomic mass is 16.3. The highest BCUT2D eigenvalue weighted by molar-refractivity contribution is 5.22. The van der Waals surface area contributed by atoms with E-state index in [9.17, 15) is 0 Å². The maximum atomic E-state index is 8.70. The van der Waals surface area contributed by atoms with Crippen LogP contribution in [-0.4, -0.2) is 36.7 Å². The van der Waals surface area contributed by atoms with Crippen LogP contribution in [-0.2, 0) is 6.42 Å². The maximum Gasteiger partial charge on any atom is 0.115 e. The number of aliphatic hydroxyl groups is 1. The second kappa shape index (κ2) is 3.93. The van der Waals surface area contributed by atoms with Crippen molar-refractivity contribution in [1.29, 1.82) is 0 Å². The van der Waals surface area contributed by atoms with E-state index in [0.29, 0.717) is 6.42 Å². The Labute approximate surface area is 80.2 Å². The lowest BCUT2D eigenvalue weighted by atomic mass is 10.3. The van der Waals surface area contributed by atoms with E-state index in [0.717, 1.165) is 11.4 Å². The zero-order chi connectivity index (χ0) is 9.80. The Morgan fingerprint density at radius 1 is 1.29 bits per heavy atom. The molecule has 6 nitrogen and oxygen atoms in total. The molecule has 2 aromatic rings. The van der Waals surface area contributed by atoms with Crippen molar-refractivity contribution in [1.82, 2.24) is 25.0 Å². The van der Waals surface area contributed by atoms with Gasteiger partial charge in [-0.1, -0.05) is 5.21 Å². The first kappa shape index (κ1) is 8.76. The third kappa shape index (κ3) is 1.74. The molecular formula is C8H9N5O. The molecule has 0 saturated carbocycles. The lowest BCUT2D eigenvalue weighted by Gasteiger charge is -1.95. The van der Waals surface area contributed by atoms with Gasteiger partial charge in [0.2, 0.25) is 0 Å². The average molecular weight is 191 g/mol. The highest BCUT2D eigenvalue weighted by Gasteiger charge is 2.01. The van der Waals surface area contributed by atoms with Crippen LogP contribution in [0.25, 0.3) is 5.69 Å². The SMILES string of the molecule is OCCc1cn(-c2cncnc2)nn1. The predicted octanol–water partition coefficient (Wildman–Crippen LogP) is -0.408. The lowest BCUT2D eigenvalue weighted by Crippen LogP contribution is -1.95. The fourth-order valence-electron chi connectivity index (χ4n) is 1.06. The minimum absolute atomic E-state index is 0.0734. The summed E-state index contributed by atoms with van der Waals surface area (Å²) in [5.74, 6) is 0. The van der Waals surface area contributed by atoms with Crippen molar-refractivity contribution >= 4 is 0 Å². The number of nitrogens with zero attached hydrogens (tertiary/aromatic N) is 5. The Balaban J connectivity index is 2.25. The molecule has 0 unspecified atom stereocenters. The quantitative estimate of drug-likeness (QED) is 0.713. The molecule has 6 heteroatoms. The topological polar surface area (TPSA) is 76.7 Å². The molecule has 0 spiro atoms. The summed E-state index contributed by atoms with van der Waals surface area (Å²) in [7, 11) is 0. The van der Waals surface area contributed by atoms with Gasteiger partial charge in [-0.15, -0.1) is 5.10 Å². The number of aliphatic hydroxyl groups excluding tert-OH is 1. The van der Waals surface area contributed by atoms with Crippen LogP contribution in [0.5, 0.6) is 0 Å². The third-order valence-corrected chi connectivity index (χ3v) is 1.72. The van der Waals surface area contributed by atoms with Gasteiger partial charge in [-0.2, -0.15) is 0 Å². The van der Waals surface area contributed by atoms with Gasteiger partial charge in [-0.3, -0.25) is 0 Å². The molecule has 0 aromatic carbocycles. The van der Waals surface area contributed by atoms with Crippen LogP contribution in [0.4, 0.5) is 0 Å². The molecule has 1 N–H and O–H groups in total. The average Bonchev–Trinajstić information content (AvgIpc) is 2.68. The first-order valence-corrected chi connectivity index (χ1v) is 4.17. The molecule has 0 aliphatic carbocycles. The van der Waals surface area contributed by atoms with E-state index in [1.807, 2.05) is 0 Å². The molecule has 0 amide bonds. The normalized spacial score (nSPS) is 10.4. The highest BCUT2D eigenvalue weighted by Crippen LogP contribution is 2.02. The third-order valence-electron chi connectivity index (χ3n) is 1.72. The van der Waals surface area contributed by atoms with Gasteiger partial charge in [0.05, 0.1) is 24.3 Å². The van der Waals surface area contributed by atoms with Crippen LogP contribution in [0.15, 0.2) is 24.9 Å². The van der Waals surface area contributed by atoms with Crippen LogP contribution in [0.2, 0.25) is 0 Å². The van der Waals surface area contributed by atoms with Crippen LogP contribution < -0.4 is 0 Å². The molecule has 0 saturated heterocycles. The molecule has 2 heterocycles. The van der Waals surface area contributed by atoms with Crippen molar-refractivity contribution in [3.63, 3.8) is 0 Å². The Morgan fingerprint density at radius 2 is 2.07 bits per heavy atom. The number of aromatic nitrogens is 5. The van der Waals surface area contributed by atoms with Crippen molar-refractivity contribution in [3.05, 3.63) is 30.6 Å². The van der Waals surface area contributed by atoms with Crippen molar-refractivity contribution < 1.29 is 5.11 Å². The minimum Gasteiger partial charge on any atom is -0.396 e. The fraction of sp³-hybridized carbons (Fsp3) is 0.250. The van der Waals surface area contributed by atoms with Gasteiger partial charge >= 0.3 is 0 Å². The molecular weight excluding hydrogens is 182 g/mol. The molecule has 0 aliphatic rings. The monoisotopic (exact) mass is 191 g/mol. The Hall–Kier alpha value is -1.82. The van der Waals surface area contributed by atoms with E-state index in [2.05, 4.69) is 20.3 Å². The van der Waals surface area contributed by atoms with Crippen molar-refractivity contribution in [3.8, 4) is 5.69 Å². The van der Waals surface area contributed by atoms with Crippen molar-refractivity contribution in [2.75, 3.05) is 6.61 Å². The smallest absolute Gasteiger partial charge is 0.115 e. The van der Waals surface area contributed by atoms with Gasteiger partial charge in [0, 0.05) is 13.0 Å². The Kier molecular flexibility index (Phi) is 2.46. The van der Waals surface area contributed by atoms with Gasteiger partial charge in [-0.25, -0.2) is 14.6 Å². The van der Waals surface area contributed by atoms with E-state index < -0.39 is 0 Å². The Bertz CT molecular complexity index is 399. The largest absolute Gasteiger partial charge is 0.396 e. The van der Waals surface area contributed by atoms with Crippen LogP contribution in [0, 0.1) is 0 Å². The van der Waals surface area contributed by atoms with Gasteiger partial charge < -0.3 is 5.11 Å². The van der Waals surface area contributed by atoms with Crippen LogP contribution >= 0.6 is 0 Å². The zero-order valence-corrected chi connectivity index (χ0v) is 7.41. The second-order valence-corrected chi connectivity index (χ2v) is 2.72. The molecule has 72 valence electrons. The zero-order valence-electron chi connectivity index (χ0n) is 7.41. The molecule has 14 heavy (non-hydrogen) atoms. The van der Waals surface area contributed by atoms with Crippen molar-refractivity contribution in [2.24, 2.45) is 0 Å². The van der Waals surface area contributed by atoms with Gasteiger partial charge in [0.1, 0.15) is 12.0 Å². The first-order valence-electron chi connectivity index (χ1n) is 4.17. The number of hydrogen-bond acceptors (Lipinski definition) is 5. The van der Waals surface area contributed by atoms with Gasteiger partial charge in [-0.05, 0) is 0 Å². The van der Waals surface area contributed by atoms with E-state index in [1.165, 1.54) is 6.33 Å². The van der Waals surface area contributed by atoms with Crippen molar-refractivity contribution in [2.45, 2.75) is 6.42 Å². The first-order chi connectivity index (χ1) is 6.90. The number of rotatable bonds is 3. The summed E-state index contributed by atoms with van der Waals surface area (Å²) in [6.07, 6.45) is 6.99. The lowest BCUT2D eigenvalue weighted by molar-refractivity contribution is 0.298. The summed E-state index contributed by atoms with van der Waals surface area (Å²) >= 11 is 0. The van der Waals surface area contributed by atoms with Gasteiger partial charge in [0.15, 0.2) is 0 Å². The van der Waals surface area contributed by atoms with Crippen LogP contribution in [0.3, 0.4) is 0 Å². The van der Waals surface area contributed by atoms with E-state index in [-0.39, 0.29) is 6.61 Å². The summed E-state index contributed by atoms with van der Waals surface area (Å²) < 4.78 is 1.57. The van der Waals surface area contributed by atoms with Gasteiger partial charge in [0.25, 0.3) is 0 Å². The molecule has 2 aromatic heterocycles. The van der Waals surface area contributed by atoms with E-state index >= 15 is 0 Å². The summed E-state index contributed by atoms with van der Waals surface area (Å²) in [6.45, 7) is 0.0734.